The number of hydrogen-bond acceptors (Lipinski definition) is 1. The number of nitrogens with zero attached hydrogens (tertiary/aromatic N) is 1. The number of hydrogen-bond donors (Lipinski definition) is 1. The van der Waals surface area contributed by atoms with Crippen molar-refractivity contribution in [3.63, 3.8) is 0 Å². The standard InChI is InChI=1S/C36H34N2/c1-35(2)31(37-29-23-21-25-15-11-13-17-27(25)33(29)35)19-9-7-6-8-10-20-32-36(3,4)34-28-18-14-12-16-26(28)22-24-30(34)38(32)5/h6-24H,1-5H3/p+1. The summed E-state index contributed by atoms with van der Waals surface area (Å²) in [5.74, 6) is 0. The fraction of sp³-hybridized carbons (Fsp3) is 0.194. The first-order chi connectivity index (χ1) is 18.3. The number of benzene rings is 4. The normalized spacial score (nSPS) is 18.9. The SMILES string of the molecule is C[N+]1=C(/C=C/C=C/C=C/C=C2/Nc3ccc4ccccc4c3C2(C)C)C(C)(C)c2c1ccc1ccccc21. The highest BCUT2D eigenvalue weighted by molar-refractivity contribution is 6.07. The third-order valence-corrected chi connectivity index (χ3v) is 8.35. The molecule has 4 aromatic carbocycles. The number of anilines is 1. The van der Waals surface area contributed by atoms with Crippen molar-refractivity contribution in [2.45, 2.75) is 38.5 Å². The molecule has 0 fully saturated rings. The fourth-order valence-electron chi connectivity index (χ4n) is 6.42. The molecule has 1 N–H and O–H groups in total. The predicted molar refractivity (Wildman–Crippen MR) is 164 cm³/mol. The minimum atomic E-state index is -0.0708. The van der Waals surface area contributed by atoms with E-state index in [1.54, 1.807) is 0 Å². The van der Waals surface area contributed by atoms with Crippen LogP contribution in [0, 0.1) is 0 Å². The van der Waals surface area contributed by atoms with Crippen molar-refractivity contribution in [2.75, 3.05) is 12.4 Å². The molecule has 2 aliphatic rings. The quantitative estimate of drug-likeness (QED) is 0.221. The summed E-state index contributed by atoms with van der Waals surface area (Å²) in [7, 11) is 2.18. The monoisotopic (exact) mass is 495 g/mol. The van der Waals surface area contributed by atoms with E-state index in [1.165, 1.54) is 55.5 Å². The second kappa shape index (κ2) is 8.99. The van der Waals surface area contributed by atoms with Gasteiger partial charge < -0.3 is 5.32 Å². The van der Waals surface area contributed by atoms with Crippen LogP contribution >= 0.6 is 0 Å². The summed E-state index contributed by atoms with van der Waals surface area (Å²) in [5.41, 5.74) is 7.69. The van der Waals surface area contributed by atoms with E-state index in [4.69, 9.17) is 0 Å². The van der Waals surface area contributed by atoms with Crippen molar-refractivity contribution >= 4 is 38.6 Å². The largest absolute Gasteiger partial charge is 0.358 e. The maximum atomic E-state index is 3.65. The molecule has 0 aromatic heterocycles. The number of allylic oxidation sites excluding steroid dienone is 8. The molecular formula is C36H35N2+. The summed E-state index contributed by atoms with van der Waals surface area (Å²) >= 11 is 0. The van der Waals surface area contributed by atoms with Crippen molar-refractivity contribution in [1.29, 1.82) is 0 Å². The third kappa shape index (κ3) is 3.75. The molecule has 2 heterocycles. The highest BCUT2D eigenvalue weighted by Gasteiger charge is 2.44. The lowest BCUT2D eigenvalue weighted by Crippen LogP contribution is -2.26. The fourth-order valence-corrected chi connectivity index (χ4v) is 6.42. The minimum absolute atomic E-state index is 0.0611. The molecule has 0 saturated heterocycles. The molecule has 0 radical (unpaired) electrons. The van der Waals surface area contributed by atoms with E-state index < -0.39 is 0 Å². The molecule has 2 aliphatic heterocycles. The van der Waals surface area contributed by atoms with E-state index in [0.717, 1.165) is 0 Å². The first-order valence-electron chi connectivity index (χ1n) is 13.4. The van der Waals surface area contributed by atoms with Crippen molar-refractivity contribution in [3.8, 4) is 0 Å². The second-order valence-corrected chi connectivity index (χ2v) is 11.4. The molecule has 2 heteroatoms. The Labute approximate surface area is 226 Å². The Morgan fingerprint density at radius 3 is 1.97 bits per heavy atom. The van der Waals surface area contributed by atoms with Gasteiger partial charge in [-0.3, -0.25) is 0 Å². The summed E-state index contributed by atoms with van der Waals surface area (Å²) in [6.07, 6.45) is 15.1. The Hall–Kier alpha value is -4.17. The Morgan fingerprint density at radius 2 is 1.24 bits per heavy atom. The van der Waals surface area contributed by atoms with E-state index in [2.05, 4.69) is 160 Å². The average Bonchev–Trinajstić information content (AvgIpc) is 3.29. The molecule has 0 atom stereocenters. The number of fused-ring (bicyclic) bond motifs is 6. The summed E-state index contributed by atoms with van der Waals surface area (Å²) < 4.78 is 2.33. The van der Waals surface area contributed by atoms with Crippen molar-refractivity contribution in [1.82, 2.24) is 0 Å². The second-order valence-electron chi connectivity index (χ2n) is 11.4. The zero-order chi connectivity index (χ0) is 26.5. The van der Waals surface area contributed by atoms with Gasteiger partial charge >= 0.3 is 0 Å². The lowest BCUT2D eigenvalue weighted by atomic mass is 9.79. The number of nitrogens with one attached hydrogen (secondary N) is 1. The minimum Gasteiger partial charge on any atom is -0.358 e. The molecule has 0 unspecified atom stereocenters. The highest BCUT2D eigenvalue weighted by Crippen LogP contribution is 2.47. The third-order valence-electron chi connectivity index (χ3n) is 8.35. The van der Waals surface area contributed by atoms with E-state index in [1.807, 2.05) is 0 Å². The Bertz CT molecular complexity index is 1740. The van der Waals surface area contributed by atoms with E-state index >= 15 is 0 Å². The van der Waals surface area contributed by atoms with Gasteiger partial charge in [0.15, 0.2) is 5.71 Å². The molecule has 0 bridgehead atoms. The van der Waals surface area contributed by atoms with Gasteiger partial charge in [0.25, 0.3) is 0 Å². The molecule has 38 heavy (non-hydrogen) atoms. The molecule has 6 rings (SSSR count). The summed E-state index contributed by atoms with van der Waals surface area (Å²) in [5, 5.41) is 8.91. The highest BCUT2D eigenvalue weighted by atomic mass is 15.0. The van der Waals surface area contributed by atoms with Gasteiger partial charge in [0, 0.05) is 34.5 Å². The zero-order valence-corrected chi connectivity index (χ0v) is 22.9. The van der Waals surface area contributed by atoms with Crippen LogP contribution in [0.25, 0.3) is 21.5 Å². The Kier molecular flexibility index (Phi) is 5.72. The van der Waals surface area contributed by atoms with Gasteiger partial charge in [-0.15, -0.1) is 0 Å². The Balaban J connectivity index is 1.19. The van der Waals surface area contributed by atoms with Crippen LogP contribution in [0.3, 0.4) is 0 Å². The lowest BCUT2D eigenvalue weighted by Gasteiger charge is -2.21. The van der Waals surface area contributed by atoms with E-state index in [0.29, 0.717) is 0 Å². The molecule has 188 valence electrons. The first kappa shape index (κ1) is 24.2. The summed E-state index contributed by atoms with van der Waals surface area (Å²) in [4.78, 5) is 0. The first-order valence-corrected chi connectivity index (χ1v) is 13.4. The molecule has 0 spiro atoms. The van der Waals surface area contributed by atoms with Crippen molar-refractivity contribution in [2.24, 2.45) is 0 Å². The topological polar surface area (TPSA) is 15.0 Å². The van der Waals surface area contributed by atoms with Crippen LogP contribution in [-0.4, -0.2) is 17.3 Å². The van der Waals surface area contributed by atoms with E-state index in [-0.39, 0.29) is 10.8 Å². The van der Waals surface area contributed by atoms with Gasteiger partial charge in [-0.1, -0.05) is 98.8 Å². The van der Waals surface area contributed by atoms with Crippen LogP contribution in [0.4, 0.5) is 11.4 Å². The smallest absolute Gasteiger partial charge is 0.210 e. The van der Waals surface area contributed by atoms with Crippen LogP contribution < -0.4 is 5.32 Å². The van der Waals surface area contributed by atoms with Crippen LogP contribution in [0.2, 0.25) is 0 Å². The van der Waals surface area contributed by atoms with Gasteiger partial charge in [-0.25, -0.2) is 0 Å². The van der Waals surface area contributed by atoms with Crippen molar-refractivity contribution in [3.05, 3.63) is 132 Å². The van der Waals surface area contributed by atoms with Gasteiger partial charge in [-0.2, -0.15) is 4.58 Å². The lowest BCUT2D eigenvalue weighted by molar-refractivity contribution is -0.401. The molecule has 0 saturated carbocycles. The van der Waals surface area contributed by atoms with Gasteiger partial charge in [0.05, 0.1) is 5.41 Å². The van der Waals surface area contributed by atoms with E-state index in [9.17, 15) is 0 Å². The zero-order valence-electron chi connectivity index (χ0n) is 22.9. The summed E-state index contributed by atoms with van der Waals surface area (Å²) in [6, 6.07) is 26.2. The van der Waals surface area contributed by atoms with Gasteiger partial charge in [0.1, 0.15) is 7.05 Å². The van der Waals surface area contributed by atoms with Crippen LogP contribution in [0.15, 0.2) is 121 Å². The van der Waals surface area contributed by atoms with Crippen LogP contribution in [-0.2, 0) is 10.8 Å². The van der Waals surface area contributed by atoms with Gasteiger partial charge in [0.2, 0.25) is 5.69 Å². The van der Waals surface area contributed by atoms with Crippen molar-refractivity contribution < 1.29 is 4.58 Å². The molecule has 0 aliphatic carbocycles. The molecule has 4 aromatic rings. The predicted octanol–water partition coefficient (Wildman–Crippen LogP) is 8.95. The summed E-state index contributed by atoms with van der Waals surface area (Å²) in [6.45, 7) is 9.26. The Morgan fingerprint density at radius 1 is 0.632 bits per heavy atom. The average molecular weight is 496 g/mol. The van der Waals surface area contributed by atoms with Crippen LogP contribution in [0.5, 0.6) is 0 Å². The molecule has 0 amide bonds. The number of rotatable bonds is 4. The molecular weight excluding hydrogens is 460 g/mol. The maximum absolute atomic E-state index is 3.65. The van der Waals surface area contributed by atoms with Gasteiger partial charge in [-0.05, 0) is 59.2 Å². The van der Waals surface area contributed by atoms with Crippen LogP contribution in [0.1, 0.15) is 38.8 Å². The maximum Gasteiger partial charge on any atom is 0.210 e. The molecule has 2 nitrogen and oxygen atoms in total.